The lowest BCUT2D eigenvalue weighted by atomic mass is 9.78. The molecule has 1 aromatic heterocycles. The highest BCUT2D eigenvalue weighted by molar-refractivity contribution is 6.21. The van der Waals surface area contributed by atoms with Gasteiger partial charge >= 0.3 is 0 Å². The van der Waals surface area contributed by atoms with Gasteiger partial charge in [0.25, 0.3) is 0 Å². The van der Waals surface area contributed by atoms with Crippen LogP contribution in [-0.2, 0) is 0 Å². The average molecular weight is 864 g/mol. The summed E-state index contributed by atoms with van der Waals surface area (Å²) in [5, 5.41) is 4.93. The van der Waals surface area contributed by atoms with Crippen LogP contribution >= 0.6 is 0 Å². The maximum Gasteiger partial charge on any atom is 0.0273 e. The highest BCUT2D eigenvalue weighted by Crippen LogP contribution is 2.51. The number of rotatable bonds is 9. The molecule has 0 fully saturated rings. The standard InChI is InChI=1S/C67H45N/c1-5-20-47(21-6-1)61-45-62(66(49-24-9-3-10-25-49)67(50-26-11-4-12-27-50)65(61)48-22-7-2-8-23-48)54-31-17-29-52(42-54)53-30-19-33-56(44-53)64-59-36-15-13-34-57(59)63(58-35-14-16-37-60(58)64)55-32-18-28-51(43-55)46-38-40-68-41-39-46/h1-45H. The van der Waals surface area contributed by atoms with Crippen LogP contribution in [0.1, 0.15) is 0 Å². The molecule has 1 heterocycles. The molecule has 0 N–H and O–H groups in total. The van der Waals surface area contributed by atoms with Crippen LogP contribution in [0.15, 0.2) is 273 Å². The van der Waals surface area contributed by atoms with Crippen LogP contribution in [-0.4, -0.2) is 4.98 Å². The van der Waals surface area contributed by atoms with E-state index < -0.39 is 0 Å². The summed E-state index contributed by atoms with van der Waals surface area (Å²) < 4.78 is 0. The molecule has 0 spiro atoms. The number of fused-ring (bicyclic) bond motifs is 2. The lowest BCUT2D eigenvalue weighted by molar-refractivity contribution is 1.33. The molecule has 0 unspecified atom stereocenters. The van der Waals surface area contributed by atoms with Gasteiger partial charge in [-0.1, -0.05) is 224 Å². The van der Waals surface area contributed by atoms with Crippen LogP contribution in [0.3, 0.4) is 0 Å². The van der Waals surface area contributed by atoms with Crippen molar-refractivity contribution in [2.24, 2.45) is 0 Å². The van der Waals surface area contributed by atoms with Gasteiger partial charge in [0.1, 0.15) is 0 Å². The largest absolute Gasteiger partial charge is 0.265 e. The van der Waals surface area contributed by atoms with Crippen LogP contribution in [0.4, 0.5) is 0 Å². The molecule has 12 aromatic rings. The Morgan fingerprint density at radius 3 is 0.926 bits per heavy atom. The van der Waals surface area contributed by atoms with Gasteiger partial charge in [-0.15, -0.1) is 0 Å². The van der Waals surface area contributed by atoms with Crippen molar-refractivity contribution in [2.45, 2.75) is 0 Å². The summed E-state index contributed by atoms with van der Waals surface area (Å²) in [6, 6.07) is 95.3. The molecule has 0 aliphatic rings. The van der Waals surface area contributed by atoms with E-state index in [1.54, 1.807) is 0 Å². The monoisotopic (exact) mass is 863 g/mol. The highest BCUT2D eigenvalue weighted by atomic mass is 14.6. The van der Waals surface area contributed by atoms with Crippen molar-refractivity contribution in [3.05, 3.63) is 273 Å². The molecule has 0 aliphatic heterocycles. The van der Waals surface area contributed by atoms with Gasteiger partial charge in [-0.05, 0) is 158 Å². The zero-order valence-corrected chi connectivity index (χ0v) is 37.4. The van der Waals surface area contributed by atoms with Crippen molar-refractivity contribution in [2.75, 3.05) is 0 Å². The zero-order valence-electron chi connectivity index (χ0n) is 37.4. The van der Waals surface area contributed by atoms with Crippen LogP contribution < -0.4 is 0 Å². The van der Waals surface area contributed by atoms with E-state index in [9.17, 15) is 0 Å². The van der Waals surface area contributed by atoms with E-state index in [0.29, 0.717) is 0 Å². The van der Waals surface area contributed by atoms with Gasteiger partial charge in [-0.3, -0.25) is 4.98 Å². The third kappa shape index (κ3) is 7.47. The Labute approximate surface area is 398 Å². The summed E-state index contributed by atoms with van der Waals surface area (Å²) in [6.07, 6.45) is 3.72. The van der Waals surface area contributed by atoms with E-state index >= 15 is 0 Å². The Morgan fingerprint density at radius 2 is 0.485 bits per heavy atom. The fourth-order valence-electron chi connectivity index (χ4n) is 10.3. The maximum absolute atomic E-state index is 4.27. The number of hydrogen-bond acceptors (Lipinski definition) is 1. The normalized spacial score (nSPS) is 11.2. The second-order valence-corrected chi connectivity index (χ2v) is 17.4. The Hall–Kier alpha value is -8.91. The van der Waals surface area contributed by atoms with Crippen molar-refractivity contribution in [1.82, 2.24) is 4.98 Å². The number of benzene rings is 11. The van der Waals surface area contributed by atoms with E-state index in [4.69, 9.17) is 0 Å². The molecular weight excluding hydrogens is 819 g/mol. The molecule has 68 heavy (non-hydrogen) atoms. The smallest absolute Gasteiger partial charge is 0.0273 e. The molecule has 11 aromatic carbocycles. The summed E-state index contributed by atoms with van der Waals surface area (Å²) >= 11 is 0. The first-order chi connectivity index (χ1) is 33.8. The number of hydrogen-bond donors (Lipinski definition) is 0. The molecule has 1 nitrogen and oxygen atoms in total. The molecule has 318 valence electrons. The minimum absolute atomic E-state index is 1.15. The number of nitrogens with zero attached hydrogens (tertiary/aromatic N) is 1. The van der Waals surface area contributed by atoms with Crippen LogP contribution in [0.25, 0.3) is 122 Å². The molecule has 0 atom stereocenters. The molecule has 0 radical (unpaired) electrons. The molecule has 1 heteroatoms. The van der Waals surface area contributed by atoms with Crippen molar-refractivity contribution >= 4 is 21.5 Å². The molecule has 0 saturated carbocycles. The fourth-order valence-corrected chi connectivity index (χ4v) is 10.3. The first kappa shape index (κ1) is 40.6. The van der Waals surface area contributed by atoms with Crippen molar-refractivity contribution < 1.29 is 0 Å². The number of pyridine rings is 1. The summed E-state index contributed by atoms with van der Waals surface area (Å²) in [5.74, 6) is 0. The predicted octanol–water partition coefficient (Wildman–Crippen LogP) is 18.4. The van der Waals surface area contributed by atoms with Gasteiger partial charge in [-0.25, -0.2) is 0 Å². The minimum Gasteiger partial charge on any atom is -0.265 e. The lowest BCUT2D eigenvalue weighted by Gasteiger charge is -2.24. The van der Waals surface area contributed by atoms with Gasteiger partial charge in [0.05, 0.1) is 0 Å². The Kier molecular flexibility index (Phi) is 10.6. The maximum atomic E-state index is 4.27. The Balaban J connectivity index is 1.06. The van der Waals surface area contributed by atoms with Crippen LogP contribution in [0.5, 0.6) is 0 Å². The van der Waals surface area contributed by atoms with Crippen molar-refractivity contribution in [3.8, 4) is 100 Å². The summed E-state index contributed by atoms with van der Waals surface area (Å²) in [4.78, 5) is 4.27. The van der Waals surface area contributed by atoms with Gasteiger partial charge in [0, 0.05) is 12.4 Å². The third-order valence-electron chi connectivity index (χ3n) is 13.4. The van der Waals surface area contributed by atoms with Crippen molar-refractivity contribution in [3.63, 3.8) is 0 Å². The van der Waals surface area contributed by atoms with E-state index in [1.807, 2.05) is 12.4 Å². The topological polar surface area (TPSA) is 12.9 Å². The van der Waals surface area contributed by atoms with Gasteiger partial charge < -0.3 is 0 Å². The van der Waals surface area contributed by atoms with Crippen molar-refractivity contribution in [1.29, 1.82) is 0 Å². The van der Waals surface area contributed by atoms with E-state index in [2.05, 4.69) is 266 Å². The van der Waals surface area contributed by atoms with Gasteiger partial charge in [0.2, 0.25) is 0 Å². The first-order valence-corrected chi connectivity index (χ1v) is 23.3. The molecule has 12 rings (SSSR count). The molecule has 0 amide bonds. The van der Waals surface area contributed by atoms with Gasteiger partial charge in [0.15, 0.2) is 0 Å². The quantitative estimate of drug-likeness (QED) is 0.132. The van der Waals surface area contributed by atoms with E-state index in [1.165, 1.54) is 105 Å². The predicted molar refractivity (Wildman–Crippen MR) is 288 cm³/mol. The van der Waals surface area contributed by atoms with E-state index in [0.717, 1.165) is 16.7 Å². The molecule has 0 bridgehead atoms. The summed E-state index contributed by atoms with van der Waals surface area (Å²) in [6.45, 7) is 0. The second-order valence-electron chi connectivity index (χ2n) is 17.4. The van der Waals surface area contributed by atoms with E-state index in [-0.39, 0.29) is 0 Å². The third-order valence-corrected chi connectivity index (χ3v) is 13.4. The molecular formula is C67H45N. The summed E-state index contributed by atoms with van der Waals surface area (Å²) in [7, 11) is 0. The summed E-state index contributed by atoms with van der Waals surface area (Å²) in [5.41, 5.74) is 21.5. The first-order valence-electron chi connectivity index (χ1n) is 23.3. The average Bonchev–Trinajstić information content (AvgIpc) is 3.43. The molecule has 0 aliphatic carbocycles. The molecule has 0 saturated heterocycles. The SMILES string of the molecule is c1ccc(-c2cc(-c3cccc(-c4cccc(-c5c6ccccc6c(-c6cccc(-c7ccncc7)c6)c6ccccc56)c4)c3)c(-c3ccccc3)c(-c3ccccc3)c2-c2ccccc2)cc1. The van der Waals surface area contributed by atoms with Gasteiger partial charge in [-0.2, -0.15) is 0 Å². The Morgan fingerprint density at radius 1 is 0.176 bits per heavy atom. The second kappa shape index (κ2) is 17.8. The zero-order chi connectivity index (χ0) is 45.2. The minimum atomic E-state index is 1.15. The highest BCUT2D eigenvalue weighted by Gasteiger charge is 2.24. The Bertz CT molecular complexity index is 3690. The van der Waals surface area contributed by atoms with Crippen LogP contribution in [0.2, 0.25) is 0 Å². The lowest BCUT2D eigenvalue weighted by Crippen LogP contribution is -1.98. The van der Waals surface area contributed by atoms with Crippen LogP contribution in [0, 0.1) is 0 Å². The number of aromatic nitrogens is 1. The fraction of sp³-hybridized carbons (Fsp3) is 0.